The molecule has 0 saturated heterocycles. The molecule has 1 amide bonds. The lowest BCUT2D eigenvalue weighted by Gasteiger charge is -2.29. The molecular formula is C20H17FN4O. The number of nitrogens with zero attached hydrogens (tertiary/aromatic N) is 3. The molecule has 5 nitrogen and oxygen atoms in total. The Morgan fingerprint density at radius 2 is 1.85 bits per heavy atom. The predicted octanol–water partition coefficient (Wildman–Crippen LogP) is 3.43. The maximum Gasteiger partial charge on any atom is 0.256 e. The van der Waals surface area contributed by atoms with Gasteiger partial charge in [-0.05, 0) is 47.9 Å². The molecule has 1 aromatic heterocycles. The van der Waals surface area contributed by atoms with Crippen molar-refractivity contribution in [3.63, 3.8) is 0 Å². The van der Waals surface area contributed by atoms with Crippen molar-refractivity contribution in [2.24, 2.45) is 0 Å². The monoisotopic (exact) mass is 348 g/mol. The van der Waals surface area contributed by atoms with Crippen LogP contribution in [0.15, 0.2) is 60.7 Å². The highest BCUT2D eigenvalue weighted by atomic mass is 19.1. The van der Waals surface area contributed by atoms with Gasteiger partial charge in [0.05, 0.1) is 0 Å². The molecule has 2 heterocycles. The summed E-state index contributed by atoms with van der Waals surface area (Å²) in [6.45, 7) is 1.67. The highest BCUT2D eigenvalue weighted by Gasteiger charge is 2.17. The van der Waals surface area contributed by atoms with Crippen molar-refractivity contribution in [1.82, 2.24) is 10.2 Å². The van der Waals surface area contributed by atoms with E-state index in [0.717, 1.165) is 25.3 Å². The number of hydrogen-bond acceptors (Lipinski definition) is 4. The number of nitrogens with one attached hydrogen (secondary N) is 1. The van der Waals surface area contributed by atoms with E-state index in [9.17, 15) is 9.18 Å². The van der Waals surface area contributed by atoms with Gasteiger partial charge in [0.25, 0.3) is 5.91 Å². The standard InChI is InChI=1S/C20H17FN4O/c21-17-7-3-6-15(12-17)20(26)22-18-8-9-19(24-23-18)25-11-10-14-4-1-2-5-16(14)13-25/h1-9,12H,10-11,13H2,(H,22,23,26). The average Bonchev–Trinajstić information content (AvgIpc) is 2.68. The number of anilines is 2. The third-order valence-corrected chi connectivity index (χ3v) is 4.43. The first-order valence-corrected chi connectivity index (χ1v) is 8.41. The van der Waals surface area contributed by atoms with Crippen LogP contribution in [0.5, 0.6) is 0 Å². The summed E-state index contributed by atoms with van der Waals surface area (Å²) in [4.78, 5) is 14.3. The first-order valence-electron chi connectivity index (χ1n) is 8.41. The molecule has 0 fully saturated rings. The highest BCUT2D eigenvalue weighted by molar-refractivity contribution is 6.03. The van der Waals surface area contributed by atoms with Gasteiger partial charge in [-0.1, -0.05) is 30.3 Å². The SMILES string of the molecule is O=C(Nc1ccc(N2CCc3ccccc3C2)nn1)c1cccc(F)c1. The van der Waals surface area contributed by atoms with E-state index >= 15 is 0 Å². The van der Waals surface area contributed by atoms with E-state index in [-0.39, 0.29) is 5.56 Å². The summed E-state index contributed by atoms with van der Waals surface area (Å²) in [7, 11) is 0. The molecular weight excluding hydrogens is 331 g/mol. The molecule has 4 rings (SSSR count). The van der Waals surface area contributed by atoms with Crippen molar-refractivity contribution in [3.8, 4) is 0 Å². The number of aromatic nitrogens is 2. The van der Waals surface area contributed by atoms with Crippen molar-refractivity contribution < 1.29 is 9.18 Å². The van der Waals surface area contributed by atoms with Crippen molar-refractivity contribution in [3.05, 3.63) is 83.2 Å². The Kier molecular flexibility index (Phi) is 4.31. The number of fused-ring (bicyclic) bond motifs is 1. The number of hydrogen-bond donors (Lipinski definition) is 1. The minimum absolute atomic E-state index is 0.239. The van der Waals surface area contributed by atoms with E-state index in [1.807, 2.05) is 12.1 Å². The van der Waals surface area contributed by atoms with Crippen LogP contribution in [-0.2, 0) is 13.0 Å². The maximum absolute atomic E-state index is 13.2. The Morgan fingerprint density at radius 3 is 2.62 bits per heavy atom. The zero-order valence-electron chi connectivity index (χ0n) is 14.0. The number of amides is 1. The van der Waals surface area contributed by atoms with Gasteiger partial charge in [0, 0.05) is 18.7 Å². The maximum atomic E-state index is 13.2. The van der Waals surface area contributed by atoms with Crippen LogP contribution in [0.1, 0.15) is 21.5 Å². The van der Waals surface area contributed by atoms with Crippen LogP contribution in [0.2, 0.25) is 0 Å². The largest absolute Gasteiger partial charge is 0.350 e. The fourth-order valence-electron chi connectivity index (χ4n) is 3.07. The normalized spacial score (nSPS) is 13.2. The fraction of sp³-hybridized carbons (Fsp3) is 0.150. The molecule has 130 valence electrons. The summed E-state index contributed by atoms with van der Waals surface area (Å²) in [5, 5.41) is 10.9. The molecule has 0 unspecified atom stereocenters. The van der Waals surface area contributed by atoms with Crippen LogP contribution in [0.25, 0.3) is 0 Å². The van der Waals surface area contributed by atoms with E-state index in [2.05, 4.69) is 38.6 Å². The summed E-state index contributed by atoms with van der Waals surface area (Å²) in [5.74, 6) is 0.228. The number of carbonyl (C=O) groups excluding carboxylic acids is 1. The Morgan fingerprint density at radius 1 is 1.00 bits per heavy atom. The second-order valence-corrected chi connectivity index (χ2v) is 6.18. The van der Waals surface area contributed by atoms with E-state index in [1.165, 1.54) is 29.3 Å². The van der Waals surface area contributed by atoms with Gasteiger partial charge in [0.2, 0.25) is 0 Å². The topological polar surface area (TPSA) is 58.1 Å². The lowest BCUT2D eigenvalue weighted by Crippen LogP contribution is -2.31. The molecule has 1 aliphatic rings. The fourth-order valence-corrected chi connectivity index (χ4v) is 3.07. The third-order valence-electron chi connectivity index (χ3n) is 4.43. The molecule has 1 aliphatic heterocycles. The van der Waals surface area contributed by atoms with Gasteiger partial charge in [-0.3, -0.25) is 4.79 Å². The number of benzene rings is 2. The lowest BCUT2D eigenvalue weighted by atomic mass is 10.00. The van der Waals surface area contributed by atoms with Crippen molar-refractivity contribution in [2.45, 2.75) is 13.0 Å². The molecule has 6 heteroatoms. The van der Waals surface area contributed by atoms with E-state index < -0.39 is 11.7 Å². The molecule has 0 saturated carbocycles. The van der Waals surface area contributed by atoms with E-state index in [4.69, 9.17) is 0 Å². The minimum Gasteiger partial charge on any atom is -0.350 e. The first kappa shape index (κ1) is 16.2. The van der Waals surface area contributed by atoms with Crippen LogP contribution in [-0.4, -0.2) is 22.6 Å². The minimum atomic E-state index is -0.454. The Labute approximate surface area is 150 Å². The lowest BCUT2D eigenvalue weighted by molar-refractivity contribution is 0.102. The van der Waals surface area contributed by atoms with Crippen LogP contribution < -0.4 is 10.2 Å². The molecule has 0 atom stereocenters. The van der Waals surface area contributed by atoms with Gasteiger partial charge in [0.15, 0.2) is 11.6 Å². The zero-order chi connectivity index (χ0) is 17.9. The molecule has 1 N–H and O–H groups in total. The molecule has 0 bridgehead atoms. The van der Waals surface area contributed by atoms with E-state index in [0.29, 0.717) is 5.82 Å². The van der Waals surface area contributed by atoms with E-state index in [1.54, 1.807) is 12.1 Å². The van der Waals surface area contributed by atoms with Crippen LogP contribution >= 0.6 is 0 Å². The molecule has 3 aromatic rings. The van der Waals surface area contributed by atoms with Gasteiger partial charge >= 0.3 is 0 Å². The van der Waals surface area contributed by atoms with Crippen molar-refractivity contribution in [1.29, 1.82) is 0 Å². The summed E-state index contributed by atoms with van der Waals surface area (Å²) in [6, 6.07) is 17.4. The predicted molar refractivity (Wildman–Crippen MR) is 97.6 cm³/mol. The van der Waals surface area contributed by atoms with Gasteiger partial charge in [-0.2, -0.15) is 0 Å². The highest BCUT2D eigenvalue weighted by Crippen LogP contribution is 2.23. The third kappa shape index (κ3) is 3.39. The van der Waals surface area contributed by atoms with Crippen LogP contribution in [0.3, 0.4) is 0 Å². The second kappa shape index (κ2) is 6.92. The second-order valence-electron chi connectivity index (χ2n) is 6.18. The van der Waals surface area contributed by atoms with Gasteiger partial charge in [-0.15, -0.1) is 10.2 Å². The summed E-state index contributed by atoms with van der Waals surface area (Å²) >= 11 is 0. The molecule has 26 heavy (non-hydrogen) atoms. The smallest absolute Gasteiger partial charge is 0.256 e. The van der Waals surface area contributed by atoms with Gasteiger partial charge < -0.3 is 10.2 Å². The zero-order valence-corrected chi connectivity index (χ0v) is 14.0. The summed E-state index contributed by atoms with van der Waals surface area (Å²) in [5.41, 5.74) is 2.91. The Balaban J connectivity index is 1.45. The average molecular weight is 348 g/mol. The molecule has 0 spiro atoms. The molecule has 0 aliphatic carbocycles. The molecule has 2 aromatic carbocycles. The number of rotatable bonds is 3. The van der Waals surface area contributed by atoms with Gasteiger partial charge in [-0.25, -0.2) is 4.39 Å². The Hall–Kier alpha value is -3.28. The first-order chi connectivity index (χ1) is 12.7. The van der Waals surface area contributed by atoms with Crippen LogP contribution in [0.4, 0.5) is 16.0 Å². The Bertz CT molecular complexity index is 943. The quantitative estimate of drug-likeness (QED) is 0.788. The summed E-state index contributed by atoms with van der Waals surface area (Å²) < 4.78 is 13.2. The number of carbonyl (C=O) groups is 1. The molecule has 0 radical (unpaired) electrons. The summed E-state index contributed by atoms with van der Waals surface area (Å²) in [6.07, 6.45) is 0.968. The van der Waals surface area contributed by atoms with Crippen molar-refractivity contribution in [2.75, 3.05) is 16.8 Å². The number of halogens is 1. The van der Waals surface area contributed by atoms with Crippen LogP contribution in [0, 0.1) is 5.82 Å². The van der Waals surface area contributed by atoms with Gasteiger partial charge in [0.1, 0.15) is 5.82 Å². The van der Waals surface area contributed by atoms with Crippen molar-refractivity contribution >= 4 is 17.5 Å².